The molecule has 1 unspecified atom stereocenters. The molecule has 0 heterocycles. The van der Waals surface area contributed by atoms with Crippen LogP contribution < -0.4 is 0 Å². The molecule has 84 valence electrons. The van der Waals surface area contributed by atoms with Gasteiger partial charge in [0.05, 0.1) is 12.0 Å². The molecule has 1 nitrogen and oxygen atoms in total. The molecule has 0 spiro atoms. The molecule has 2 heteroatoms. The van der Waals surface area contributed by atoms with Crippen molar-refractivity contribution >= 4 is 11.6 Å². The molecule has 0 aliphatic rings. The van der Waals surface area contributed by atoms with Crippen molar-refractivity contribution in [3.8, 4) is 6.07 Å². The molecule has 0 saturated carbocycles. The summed E-state index contributed by atoms with van der Waals surface area (Å²) in [5, 5.41) is 9.97. The number of halogens is 1. The van der Waals surface area contributed by atoms with E-state index in [0.29, 0.717) is 5.02 Å². The third-order valence-electron chi connectivity index (χ3n) is 2.73. The quantitative estimate of drug-likeness (QED) is 0.769. The van der Waals surface area contributed by atoms with Crippen LogP contribution in [0.15, 0.2) is 48.5 Å². The van der Waals surface area contributed by atoms with Crippen molar-refractivity contribution in [2.75, 3.05) is 0 Å². The van der Waals surface area contributed by atoms with Crippen molar-refractivity contribution in [3.63, 3.8) is 0 Å². The molecule has 0 bridgehead atoms. The van der Waals surface area contributed by atoms with Gasteiger partial charge < -0.3 is 0 Å². The van der Waals surface area contributed by atoms with Crippen LogP contribution in [0, 0.1) is 18.3 Å². The van der Waals surface area contributed by atoms with E-state index in [1.165, 1.54) is 0 Å². The highest BCUT2D eigenvalue weighted by Crippen LogP contribution is 2.30. The molecule has 0 N–H and O–H groups in total. The lowest BCUT2D eigenvalue weighted by Crippen LogP contribution is -1.99. The molecule has 1 atom stereocenters. The zero-order valence-corrected chi connectivity index (χ0v) is 10.3. The molecule has 0 amide bonds. The number of rotatable bonds is 2. The molecular formula is C15H12ClN. The van der Waals surface area contributed by atoms with E-state index in [1.54, 1.807) is 0 Å². The first-order valence-corrected chi connectivity index (χ1v) is 5.81. The van der Waals surface area contributed by atoms with Gasteiger partial charge in [-0.25, -0.2) is 0 Å². The average molecular weight is 242 g/mol. The Bertz CT molecular complexity index is 555. The van der Waals surface area contributed by atoms with E-state index in [4.69, 9.17) is 11.6 Å². The predicted octanol–water partition coefficient (Wildman–Crippen LogP) is 4.30. The van der Waals surface area contributed by atoms with E-state index in [0.717, 1.165) is 16.7 Å². The lowest BCUT2D eigenvalue weighted by molar-refractivity contribution is 1.04. The maximum atomic E-state index is 9.32. The Morgan fingerprint density at radius 1 is 1.12 bits per heavy atom. The molecule has 2 aromatic carbocycles. The number of hydrogen-bond acceptors (Lipinski definition) is 1. The van der Waals surface area contributed by atoms with Crippen LogP contribution in [0.3, 0.4) is 0 Å². The Balaban J connectivity index is 2.47. The van der Waals surface area contributed by atoms with Crippen LogP contribution in [-0.2, 0) is 0 Å². The Morgan fingerprint density at radius 2 is 1.82 bits per heavy atom. The molecule has 0 radical (unpaired) electrons. The molecule has 0 aliphatic carbocycles. The summed E-state index contributed by atoms with van der Waals surface area (Å²) < 4.78 is 0. The van der Waals surface area contributed by atoms with Gasteiger partial charge in [0.25, 0.3) is 0 Å². The number of hydrogen-bond donors (Lipinski definition) is 0. The summed E-state index contributed by atoms with van der Waals surface area (Å²) in [5.41, 5.74) is 2.94. The normalized spacial score (nSPS) is 11.8. The van der Waals surface area contributed by atoms with Gasteiger partial charge in [-0.3, -0.25) is 0 Å². The smallest absolute Gasteiger partial charge is 0.0977 e. The Morgan fingerprint density at radius 3 is 2.41 bits per heavy atom. The lowest BCUT2D eigenvalue weighted by Gasteiger charge is -2.12. The second kappa shape index (κ2) is 5.03. The van der Waals surface area contributed by atoms with Gasteiger partial charge in [0, 0.05) is 5.02 Å². The van der Waals surface area contributed by atoms with Crippen LogP contribution in [0.2, 0.25) is 5.02 Å². The third-order valence-corrected chi connectivity index (χ3v) is 3.06. The Hall–Kier alpha value is -1.78. The monoisotopic (exact) mass is 241 g/mol. The number of nitriles is 1. The standard InChI is InChI=1S/C15H12ClN/c1-11-7-8-13(15(16)9-11)14(10-17)12-5-3-2-4-6-12/h2-9,14H,1H3. The van der Waals surface area contributed by atoms with Crippen molar-refractivity contribution in [1.29, 1.82) is 5.26 Å². The highest BCUT2D eigenvalue weighted by atomic mass is 35.5. The van der Waals surface area contributed by atoms with Gasteiger partial charge in [0.2, 0.25) is 0 Å². The van der Waals surface area contributed by atoms with E-state index < -0.39 is 0 Å². The van der Waals surface area contributed by atoms with Crippen LogP contribution in [0.5, 0.6) is 0 Å². The number of benzene rings is 2. The lowest BCUT2D eigenvalue weighted by atomic mass is 9.92. The van der Waals surface area contributed by atoms with Crippen LogP contribution in [-0.4, -0.2) is 0 Å². The number of nitrogens with zero attached hydrogens (tertiary/aromatic N) is 1. The first-order chi connectivity index (χ1) is 8.22. The largest absolute Gasteiger partial charge is 0.197 e. The summed E-state index contributed by atoms with van der Waals surface area (Å²) in [7, 11) is 0. The van der Waals surface area contributed by atoms with E-state index in [1.807, 2.05) is 55.5 Å². The molecule has 0 aliphatic heterocycles. The van der Waals surface area contributed by atoms with Crippen LogP contribution >= 0.6 is 11.6 Å². The van der Waals surface area contributed by atoms with Crippen molar-refractivity contribution in [2.24, 2.45) is 0 Å². The highest BCUT2D eigenvalue weighted by molar-refractivity contribution is 6.31. The topological polar surface area (TPSA) is 23.8 Å². The number of aryl methyl sites for hydroxylation is 1. The van der Waals surface area contributed by atoms with Crippen molar-refractivity contribution < 1.29 is 0 Å². The van der Waals surface area contributed by atoms with Gasteiger partial charge in [-0.05, 0) is 29.7 Å². The Kier molecular flexibility index (Phi) is 3.46. The zero-order valence-electron chi connectivity index (χ0n) is 9.52. The predicted molar refractivity (Wildman–Crippen MR) is 70.1 cm³/mol. The SMILES string of the molecule is Cc1ccc(C(C#N)c2ccccc2)c(Cl)c1. The average Bonchev–Trinajstić information content (AvgIpc) is 2.34. The molecular weight excluding hydrogens is 230 g/mol. The minimum Gasteiger partial charge on any atom is -0.197 e. The molecule has 2 aromatic rings. The van der Waals surface area contributed by atoms with Gasteiger partial charge >= 0.3 is 0 Å². The van der Waals surface area contributed by atoms with Gasteiger partial charge in [-0.1, -0.05) is 54.1 Å². The van der Waals surface area contributed by atoms with E-state index in [-0.39, 0.29) is 5.92 Å². The van der Waals surface area contributed by atoms with Gasteiger partial charge in [0.1, 0.15) is 0 Å². The second-order valence-electron chi connectivity index (χ2n) is 4.00. The summed E-state index contributed by atoms with van der Waals surface area (Å²) in [6.45, 7) is 1.99. The maximum Gasteiger partial charge on any atom is 0.0977 e. The highest BCUT2D eigenvalue weighted by Gasteiger charge is 2.15. The van der Waals surface area contributed by atoms with E-state index >= 15 is 0 Å². The van der Waals surface area contributed by atoms with E-state index in [2.05, 4.69) is 6.07 Å². The molecule has 0 aromatic heterocycles. The van der Waals surface area contributed by atoms with E-state index in [9.17, 15) is 5.26 Å². The summed E-state index contributed by atoms with van der Waals surface area (Å²) in [4.78, 5) is 0. The van der Waals surface area contributed by atoms with Gasteiger partial charge in [0.15, 0.2) is 0 Å². The summed E-state index contributed by atoms with van der Waals surface area (Å²) in [6.07, 6.45) is 0. The summed E-state index contributed by atoms with van der Waals surface area (Å²) in [6, 6.07) is 17.8. The Labute approximate surface area is 106 Å². The van der Waals surface area contributed by atoms with Gasteiger partial charge in [-0.2, -0.15) is 5.26 Å². The summed E-state index contributed by atoms with van der Waals surface area (Å²) in [5.74, 6) is -0.302. The molecule has 2 rings (SSSR count). The van der Waals surface area contributed by atoms with Crippen LogP contribution in [0.25, 0.3) is 0 Å². The molecule has 17 heavy (non-hydrogen) atoms. The third kappa shape index (κ3) is 2.49. The fourth-order valence-electron chi connectivity index (χ4n) is 1.84. The zero-order chi connectivity index (χ0) is 12.3. The van der Waals surface area contributed by atoms with Crippen molar-refractivity contribution in [3.05, 3.63) is 70.2 Å². The fourth-order valence-corrected chi connectivity index (χ4v) is 2.18. The molecule has 0 fully saturated rings. The van der Waals surface area contributed by atoms with Crippen molar-refractivity contribution in [1.82, 2.24) is 0 Å². The molecule has 0 saturated heterocycles. The van der Waals surface area contributed by atoms with Crippen LogP contribution in [0.1, 0.15) is 22.6 Å². The fraction of sp³-hybridized carbons (Fsp3) is 0.133. The minimum atomic E-state index is -0.302. The first-order valence-electron chi connectivity index (χ1n) is 5.43. The van der Waals surface area contributed by atoms with Crippen LogP contribution in [0.4, 0.5) is 0 Å². The first kappa shape index (κ1) is 11.7. The summed E-state index contributed by atoms with van der Waals surface area (Å²) >= 11 is 6.20. The van der Waals surface area contributed by atoms with Crippen molar-refractivity contribution in [2.45, 2.75) is 12.8 Å². The minimum absolute atomic E-state index is 0.302. The van der Waals surface area contributed by atoms with Gasteiger partial charge in [-0.15, -0.1) is 0 Å². The maximum absolute atomic E-state index is 9.32. The second-order valence-corrected chi connectivity index (χ2v) is 4.40.